The average molecular weight is 373 g/mol. The Balaban J connectivity index is 1.40. The van der Waals surface area contributed by atoms with E-state index in [-0.39, 0.29) is 11.8 Å². The summed E-state index contributed by atoms with van der Waals surface area (Å²) in [6.45, 7) is 8.44. The summed E-state index contributed by atoms with van der Waals surface area (Å²) in [5.74, 6) is 0.471. The molecule has 1 aromatic rings. The van der Waals surface area contributed by atoms with Crippen molar-refractivity contribution in [2.75, 3.05) is 32.7 Å². The second kappa shape index (κ2) is 10.8. The van der Waals surface area contributed by atoms with Crippen LogP contribution in [-0.2, 0) is 11.3 Å². The second-order valence-electron chi connectivity index (χ2n) is 8.20. The molecule has 3 heterocycles. The number of nitrogens with one attached hydrogen (secondary N) is 1. The number of carbonyl (C=O) groups is 1. The molecule has 5 nitrogen and oxygen atoms in total. The number of pyridine rings is 1. The van der Waals surface area contributed by atoms with Crippen LogP contribution in [0.15, 0.2) is 24.5 Å². The number of hydrogen-bond acceptors (Lipinski definition) is 4. The highest BCUT2D eigenvalue weighted by molar-refractivity contribution is 5.78. The first-order valence-electron chi connectivity index (χ1n) is 10.9. The third-order valence-electron chi connectivity index (χ3n) is 6.11. The Morgan fingerprint density at radius 2 is 2.07 bits per heavy atom. The number of rotatable bonds is 8. The maximum atomic E-state index is 12.5. The number of piperidine rings is 2. The van der Waals surface area contributed by atoms with E-state index in [1.54, 1.807) is 0 Å². The SMILES string of the molecule is CCCCCNC(=O)C1CCCN(C2CCN(Cc3cccnc3)CC2)C1. The van der Waals surface area contributed by atoms with E-state index in [1.807, 2.05) is 18.5 Å². The van der Waals surface area contributed by atoms with Crippen LogP contribution in [0.5, 0.6) is 0 Å². The summed E-state index contributed by atoms with van der Waals surface area (Å²) in [4.78, 5) is 21.9. The van der Waals surface area contributed by atoms with Crippen LogP contribution in [0.25, 0.3) is 0 Å². The fourth-order valence-corrected chi connectivity index (χ4v) is 4.48. The molecule has 2 saturated heterocycles. The minimum Gasteiger partial charge on any atom is -0.356 e. The minimum atomic E-state index is 0.189. The van der Waals surface area contributed by atoms with Gasteiger partial charge in [0.05, 0.1) is 5.92 Å². The molecule has 0 aromatic carbocycles. The first-order valence-corrected chi connectivity index (χ1v) is 10.9. The van der Waals surface area contributed by atoms with Crippen molar-refractivity contribution in [1.82, 2.24) is 20.1 Å². The number of unbranched alkanes of at least 4 members (excludes halogenated alkanes) is 2. The zero-order valence-corrected chi connectivity index (χ0v) is 16.9. The summed E-state index contributed by atoms with van der Waals surface area (Å²) >= 11 is 0. The van der Waals surface area contributed by atoms with Crippen LogP contribution < -0.4 is 5.32 Å². The van der Waals surface area contributed by atoms with Gasteiger partial charge >= 0.3 is 0 Å². The van der Waals surface area contributed by atoms with Crippen molar-refractivity contribution in [1.29, 1.82) is 0 Å². The molecule has 1 aromatic heterocycles. The van der Waals surface area contributed by atoms with Crippen molar-refractivity contribution in [2.24, 2.45) is 5.92 Å². The van der Waals surface area contributed by atoms with Crippen LogP contribution in [0.3, 0.4) is 0 Å². The first kappa shape index (κ1) is 20.3. The average Bonchev–Trinajstić information content (AvgIpc) is 2.72. The van der Waals surface area contributed by atoms with Crippen LogP contribution in [0.4, 0.5) is 0 Å². The molecule has 2 aliphatic rings. The van der Waals surface area contributed by atoms with Gasteiger partial charge in [-0.2, -0.15) is 0 Å². The molecule has 0 aliphatic carbocycles. The van der Waals surface area contributed by atoms with Crippen LogP contribution in [-0.4, -0.2) is 59.5 Å². The molecule has 3 rings (SSSR count). The number of likely N-dealkylation sites (tertiary alicyclic amines) is 2. The van der Waals surface area contributed by atoms with Gasteiger partial charge in [0.1, 0.15) is 0 Å². The Labute approximate surface area is 164 Å². The first-order chi connectivity index (χ1) is 13.3. The van der Waals surface area contributed by atoms with Crippen molar-refractivity contribution in [3.63, 3.8) is 0 Å². The zero-order valence-electron chi connectivity index (χ0n) is 16.9. The van der Waals surface area contributed by atoms with Gasteiger partial charge in [0.15, 0.2) is 0 Å². The van der Waals surface area contributed by atoms with E-state index in [2.05, 4.69) is 33.1 Å². The molecule has 5 heteroatoms. The van der Waals surface area contributed by atoms with Gasteiger partial charge in [0.25, 0.3) is 0 Å². The zero-order chi connectivity index (χ0) is 18.9. The molecule has 0 bridgehead atoms. The van der Waals surface area contributed by atoms with Gasteiger partial charge in [0, 0.05) is 38.1 Å². The summed E-state index contributed by atoms with van der Waals surface area (Å²) in [7, 11) is 0. The van der Waals surface area contributed by atoms with Crippen molar-refractivity contribution >= 4 is 5.91 Å². The molecule has 1 N–H and O–H groups in total. The molecule has 0 saturated carbocycles. The normalized spacial score (nSPS) is 22.6. The second-order valence-corrected chi connectivity index (χ2v) is 8.20. The molecule has 0 radical (unpaired) electrons. The summed E-state index contributed by atoms with van der Waals surface area (Å²) < 4.78 is 0. The largest absolute Gasteiger partial charge is 0.356 e. The Hall–Kier alpha value is -1.46. The molecule has 0 spiro atoms. The standard InChI is InChI=1S/C22H36N4O/c1-2-3-4-12-24-22(27)20-8-6-13-26(18-20)21-9-14-25(15-10-21)17-19-7-5-11-23-16-19/h5,7,11,16,20-21H,2-4,6,8-10,12-15,17-18H2,1H3,(H,24,27). The van der Waals surface area contributed by atoms with E-state index in [0.717, 1.165) is 58.5 Å². The lowest BCUT2D eigenvalue weighted by Crippen LogP contribution is -2.50. The van der Waals surface area contributed by atoms with Crippen molar-refractivity contribution in [3.8, 4) is 0 Å². The fraction of sp³-hybridized carbons (Fsp3) is 0.727. The number of aromatic nitrogens is 1. The smallest absolute Gasteiger partial charge is 0.224 e. The highest BCUT2D eigenvalue weighted by atomic mass is 16.1. The lowest BCUT2D eigenvalue weighted by Gasteiger charge is -2.42. The van der Waals surface area contributed by atoms with E-state index in [0.29, 0.717) is 6.04 Å². The van der Waals surface area contributed by atoms with Crippen LogP contribution in [0, 0.1) is 5.92 Å². The van der Waals surface area contributed by atoms with E-state index in [4.69, 9.17) is 0 Å². The Kier molecular flexibility index (Phi) is 8.09. The number of carbonyl (C=O) groups excluding carboxylic acids is 1. The number of hydrogen-bond donors (Lipinski definition) is 1. The molecule has 2 fully saturated rings. The molecule has 27 heavy (non-hydrogen) atoms. The van der Waals surface area contributed by atoms with E-state index in [9.17, 15) is 4.79 Å². The third kappa shape index (κ3) is 6.28. The Bertz CT molecular complexity index is 557. The van der Waals surface area contributed by atoms with Crippen molar-refractivity contribution < 1.29 is 4.79 Å². The minimum absolute atomic E-state index is 0.189. The summed E-state index contributed by atoms with van der Waals surface area (Å²) in [5.41, 5.74) is 1.30. The van der Waals surface area contributed by atoms with Gasteiger partial charge in [0.2, 0.25) is 5.91 Å². The summed E-state index contributed by atoms with van der Waals surface area (Å²) in [6, 6.07) is 4.82. The van der Waals surface area contributed by atoms with Gasteiger partial charge in [-0.1, -0.05) is 25.8 Å². The van der Waals surface area contributed by atoms with Crippen LogP contribution in [0.1, 0.15) is 57.4 Å². The molecule has 150 valence electrons. The summed E-state index contributed by atoms with van der Waals surface area (Å²) in [5, 5.41) is 3.17. The maximum absolute atomic E-state index is 12.5. The maximum Gasteiger partial charge on any atom is 0.224 e. The molecule has 1 atom stereocenters. The molecular formula is C22H36N4O. The van der Waals surface area contributed by atoms with Crippen LogP contribution in [0.2, 0.25) is 0 Å². The lowest BCUT2D eigenvalue weighted by atomic mass is 9.93. The topological polar surface area (TPSA) is 48.5 Å². The van der Waals surface area contributed by atoms with Gasteiger partial charge in [-0.15, -0.1) is 0 Å². The van der Waals surface area contributed by atoms with Gasteiger partial charge in [-0.25, -0.2) is 0 Å². The molecular weight excluding hydrogens is 336 g/mol. The predicted octanol–water partition coefficient (Wildman–Crippen LogP) is 3.06. The third-order valence-corrected chi connectivity index (χ3v) is 6.11. The molecule has 2 aliphatic heterocycles. The van der Waals surface area contributed by atoms with E-state index >= 15 is 0 Å². The van der Waals surface area contributed by atoms with Crippen LogP contribution >= 0.6 is 0 Å². The van der Waals surface area contributed by atoms with Crippen molar-refractivity contribution in [2.45, 2.75) is 64.5 Å². The Morgan fingerprint density at radius 3 is 2.81 bits per heavy atom. The van der Waals surface area contributed by atoms with Gasteiger partial charge < -0.3 is 5.32 Å². The monoisotopic (exact) mass is 372 g/mol. The predicted molar refractivity (Wildman–Crippen MR) is 109 cm³/mol. The fourth-order valence-electron chi connectivity index (χ4n) is 4.48. The highest BCUT2D eigenvalue weighted by Crippen LogP contribution is 2.24. The van der Waals surface area contributed by atoms with Gasteiger partial charge in [-0.3, -0.25) is 19.6 Å². The highest BCUT2D eigenvalue weighted by Gasteiger charge is 2.31. The van der Waals surface area contributed by atoms with E-state index < -0.39 is 0 Å². The quantitative estimate of drug-likeness (QED) is 0.713. The Morgan fingerprint density at radius 1 is 1.22 bits per heavy atom. The number of nitrogens with zero attached hydrogens (tertiary/aromatic N) is 3. The summed E-state index contributed by atoms with van der Waals surface area (Å²) in [6.07, 6.45) is 12.0. The van der Waals surface area contributed by atoms with E-state index in [1.165, 1.54) is 31.2 Å². The lowest BCUT2D eigenvalue weighted by molar-refractivity contribution is -0.127. The van der Waals surface area contributed by atoms with Crippen molar-refractivity contribution in [3.05, 3.63) is 30.1 Å². The molecule has 1 unspecified atom stereocenters. The number of amides is 1. The molecule has 1 amide bonds. The van der Waals surface area contributed by atoms with Gasteiger partial charge in [-0.05, 0) is 63.4 Å².